The summed E-state index contributed by atoms with van der Waals surface area (Å²) < 4.78 is 19.2. The zero-order chi connectivity index (χ0) is 36.2. The van der Waals surface area contributed by atoms with Crippen LogP contribution in [-0.4, -0.2) is 48.1 Å². The molecule has 4 nitrogen and oxygen atoms in total. The number of hydrogen-bond donors (Lipinski definition) is 0. The van der Waals surface area contributed by atoms with Crippen LogP contribution in [0.15, 0.2) is 87.7 Å². The highest BCUT2D eigenvalue weighted by Crippen LogP contribution is 2.37. The van der Waals surface area contributed by atoms with Crippen LogP contribution >= 0.6 is 0 Å². The Morgan fingerprint density at radius 3 is 1.14 bits per heavy atom. The van der Waals surface area contributed by atoms with Gasteiger partial charge in [-0.25, -0.2) is 0 Å². The van der Waals surface area contributed by atoms with Crippen molar-refractivity contribution >= 4 is 121 Å². The number of nitrogens with zero attached hydrogens (tertiary/aromatic N) is 2. The smallest absolute Gasteiger partial charge is 0.252 e. The molecule has 51 heavy (non-hydrogen) atoms. The second-order valence-corrected chi connectivity index (χ2v) is 39.5. The zero-order valence-electron chi connectivity index (χ0n) is 32.3. The molecule has 2 aliphatic heterocycles. The molecule has 0 unspecified atom stereocenters. The molecule has 258 valence electrons. The van der Waals surface area contributed by atoms with Gasteiger partial charge < -0.3 is 18.0 Å². The summed E-state index contributed by atoms with van der Waals surface area (Å²) in [6.07, 6.45) is 0. The van der Waals surface area contributed by atoms with Crippen molar-refractivity contribution in [3.8, 4) is 11.4 Å². The molecular formula is C42H49BN2O2Si4. The molecule has 7 aromatic rings. The fourth-order valence-corrected chi connectivity index (χ4v) is 13.0. The van der Waals surface area contributed by atoms with E-state index in [9.17, 15) is 0 Å². The molecule has 2 aromatic heterocycles. The molecule has 0 atom stereocenters. The van der Waals surface area contributed by atoms with Crippen molar-refractivity contribution in [2.45, 2.75) is 78.6 Å². The molecule has 0 radical (unpaired) electrons. The number of hydrogen-bond acceptors (Lipinski definition) is 2. The minimum absolute atomic E-state index is 0.0524. The van der Waals surface area contributed by atoms with Crippen LogP contribution in [-0.2, 0) is 0 Å². The van der Waals surface area contributed by atoms with Crippen LogP contribution in [0.3, 0.4) is 0 Å². The Balaban J connectivity index is 1.54. The van der Waals surface area contributed by atoms with Crippen molar-refractivity contribution in [3.05, 3.63) is 78.9 Å². The highest BCUT2D eigenvalue weighted by molar-refractivity contribution is 7.01. The third-order valence-electron chi connectivity index (χ3n) is 11.4. The predicted octanol–water partition coefficient (Wildman–Crippen LogP) is 7.52. The quantitative estimate of drug-likeness (QED) is 0.139. The van der Waals surface area contributed by atoms with Crippen molar-refractivity contribution in [3.63, 3.8) is 0 Å². The minimum Gasteiger partial charge on any atom is -0.453 e. The van der Waals surface area contributed by atoms with Crippen LogP contribution in [0.2, 0.25) is 78.6 Å². The average molecular weight is 737 g/mol. The fraction of sp³-hybridized carbons (Fsp3) is 0.286. The molecule has 0 N–H and O–H groups in total. The molecule has 0 fully saturated rings. The topological polar surface area (TPSA) is 36.1 Å². The molecule has 0 aliphatic carbocycles. The third kappa shape index (κ3) is 4.87. The third-order valence-corrected chi connectivity index (χ3v) is 19.6. The molecule has 0 bridgehead atoms. The van der Waals surface area contributed by atoms with Gasteiger partial charge in [0.2, 0.25) is 0 Å². The molecule has 5 aromatic carbocycles. The Hall–Kier alpha value is -3.77. The molecule has 2 aliphatic rings. The van der Waals surface area contributed by atoms with Gasteiger partial charge in [-0.2, -0.15) is 0 Å². The molecule has 0 spiro atoms. The Morgan fingerprint density at radius 1 is 0.412 bits per heavy atom. The monoisotopic (exact) mass is 736 g/mol. The maximum atomic E-state index is 7.06. The number of aromatic nitrogens is 2. The molecule has 0 saturated heterocycles. The first kappa shape index (κ1) is 33.1. The normalized spacial score (nSPS) is 14.2. The molecule has 0 amide bonds. The van der Waals surface area contributed by atoms with E-state index in [1.165, 1.54) is 48.5 Å². The lowest BCUT2D eigenvalue weighted by atomic mass is 9.34. The lowest BCUT2D eigenvalue weighted by Gasteiger charge is -2.37. The number of benzene rings is 5. The van der Waals surface area contributed by atoms with Gasteiger partial charge in [0, 0.05) is 17.4 Å². The lowest BCUT2D eigenvalue weighted by molar-refractivity contribution is 0.640. The number of fused-ring (bicyclic) bond motifs is 10. The van der Waals surface area contributed by atoms with Gasteiger partial charge in [-0.05, 0) is 52.8 Å². The Bertz CT molecular complexity index is 2520. The summed E-state index contributed by atoms with van der Waals surface area (Å²) in [7, 11) is -6.45. The van der Waals surface area contributed by atoms with E-state index in [2.05, 4.69) is 167 Å². The Labute approximate surface area is 305 Å². The summed E-state index contributed by atoms with van der Waals surface area (Å²) in [6, 6.07) is 30.9. The zero-order valence-corrected chi connectivity index (χ0v) is 36.3. The summed E-state index contributed by atoms with van der Waals surface area (Å²) in [4.78, 5) is 0. The fourth-order valence-electron chi connectivity index (χ4n) is 8.39. The lowest BCUT2D eigenvalue weighted by Crippen LogP contribution is -2.62. The van der Waals surface area contributed by atoms with Gasteiger partial charge in [0.05, 0.1) is 54.4 Å². The molecule has 9 rings (SSSR count). The van der Waals surface area contributed by atoms with Crippen molar-refractivity contribution in [1.29, 1.82) is 0 Å². The van der Waals surface area contributed by atoms with Crippen LogP contribution in [0, 0.1) is 0 Å². The summed E-state index contributed by atoms with van der Waals surface area (Å²) >= 11 is 0. The van der Waals surface area contributed by atoms with Crippen LogP contribution in [0.5, 0.6) is 0 Å². The van der Waals surface area contributed by atoms with E-state index in [0.29, 0.717) is 0 Å². The van der Waals surface area contributed by atoms with Crippen LogP contribution in [0.25, 0.3) is 55.8 Å². The second-order valence-electron chi connectivity index (χ2n) is 19.2. The highest BCUT2D eigenvalue weighted by Gasteiger charge is 2.42. The number of rotatable bonds is 4. The first-order chi connectivity index (χ1) is 23.8. The first-order valence-corrected chi connectivity index (χ1v) is 32.6. The standard InChI is InChI=1S/C42H49BN2O2Si4/c1-48(2,3)26-13-17-32-30(21-26)43-31-22-27(49(4,5)6)14-18-33(31)45-35-20-16-29(51(10,11)12)24-37(35)47-39-25-38-41(40(43)42(39)45)44(32)34-19-15-28(50(7,8)9)23-36(34)46-38/h13-25H,1-12H3. The van der Waals surface area contributed by atoms with E-state index in [4.69, 9.17) is 8.83 Å². The summed E-state index contributed by atoms with van der Waals surface area (Å²) in [6.45, 7) is 29.3. The van der Waals surface area contributed by atoms with E-state index in [-0.39, 0.29) is 6.71 Å². The van der Waals surface area contributed by atoms with E-state index < -0.39 is 32.3 Å². The predicted molar refractivity (Wildman–Crippen MR) is 234 cm³/mol. The van der Waals surface area contributed by atoms with Crippen LogP contribution in [0.1, 0.15) is 0 Å². The highest BCUT2D eigenvalue weighted by atomic mass is 28.3. The van der Waals surface area contributed by atoms with Gasteiger partial charge in [0.1, 0.15) is 0 Å². The van der Waals surface area contributed by atoms with Gasteiger partial charge in [0.25, 0.3) is 6.71 Å². The molecular weight excluding hydrogens is 688 g/mol. The summed E-state index contributed by atoms with van der Waals surface area (Å²) in [5.74, 6) is 0. The first-order valence-electron chi connectivity index (χ1n) is 18.6. The van der Waals surface area contributed by atoms with Crippen molar-refractivity contribution in [2.24, 2.45) is 0 Å². The van der Waals surface area contributed by atoms with E-state index in [1.807, 2.05) is 0 Å². The van der Waals surface area contributed by atoms with Gasteiger partial charge in [0.15, 0.2) is 22.3 Å². The average Bonchev–Trinajstić information content (AvgIpc) is 3.04. The maximum Gasteiger partial charge on any atom is 0.252 e. The maximum absolute atomic E-state index is 7.06. The van der Waals surface area contributed by atoms with Gasteiger partial charge in [-0.15, -0.1) is 0 Å². The summed E-state index contributed by atoms with van der Waals surface area (Å²) in [5, 5.41) is 5.78. The van der Waals surface area contributed by atoms with Crippen molar-refractivity contribution in [2.75, 3.05) is 0 Å². The van der Waals surface area contributed by atoms with Crippen molar-refractivity contribution in [1.82, 2.24) is 9.13 Å². The SMILES string of the molecule is C[Si](C)(C)c1ccc2c(c1)B1c3cc([Si](C)(C)C)ccc3-n3c4ccc([Si](C)(C)C)cc4oc4cc5oc6cc([Si](C)(C)C)ccc6n-2c5c1c43. The molecule has 0 saturated carbocycles. The largest absolute Gasteiger partial charge is 0.453 e. The Morgan fingerprint density at radius 2 is 0.765 bits per heavy atom. The van der Waals surface area contributed by atoms with Crippen molar-refractivity contribution < 1.29 is 8.83 Å². The second kappa shape index (κ2) is 10.4. The molecule has 9 heteroatoms. The minimum atomic E-state index is -1.64. The van der Waals surface area contributed by atoms with Gasteiger partial charge in [-0.3, -0.25) is 0 Å². The summed E-state index contributed by atoms with van der Waals surface area (Å²) in [5.41, 5.74) is 14.7. The van der Waals surface area contributed by atoms with Gasteiger partial charge in [-0.1, -0.05) is 136 Å². The van der Waals surface area contributed by atoms with E-state index >= 15 is 0 Å². The van der Waals surface area contributed by atoms with Crippen LogP contribution < -0.4 is 37.1 Å². The van der Waals surface area contributed by atoms with E-state index in [1.54, 1.807) is 0 Å². The van der Waals surface area contributed by atoms with E-state index in [0.717, 1.165) is 44.4 Å². The Kier molecular flexibility index (Phi) is 6.77. The van der Waals surface area contributed by atoms with Crippen LogP contribution in [0.4, 0.5) is 0 Å². The van der Waals surface area contributed by atoms with Gasteiger partial charge >= 0.3 is 0 Å². The molecule has 4 heterocycles.